The van der Waals surface area contributed by atoms with Crippen LogP contribution in [0.25, 0.3) is 5.69 Å². The van der Waals surface area contributed by atoms with Gasteiger partial charge in [-0.25, -0.2) is 14.4 Å². The number of aryl methyl sites for hydroxylation is 2. The van der Waals surface area contributed by atoms with Gasteiger partial charge in [-0.05, 0) is 44.2 Å². The molecule has 0 aliphatic carbocycles. The number of anilines is 1. The van der Waals surface area contributed by atoms with Crippen molar-refractivity contribution in [3.8, 4) is 11.4 Å². The Kier molecular flexibility index (Phi) is 6.08. The standard InChI is InChI=1S/C23H21FN4O2S/c1-15-3-6-19(7-4-15)30-13-23-27-18(14-31-23)12-22(29)26-17-5-8-21(20(24)11-17)28-10-9-25-16(28)2/h3-11,14H,12-13H2,1-2H3,(H,26,29). The number of aromatic nitrogens is 3. The average Bonchev–Trinajstić information content (AvgIpc) is 3.36. The maximum Gasteiger partial charge on any atom is 0.230 e. The monoisotopic (exact) mass is 436 g/mol. The van der Waals surface area contributed by atoms with Gasteiger partial charge in [-0.2, -0.15) is 0 Å². The fourth-order valence-electron chi connectivity index (χ4n) is 3.06. The lowest BCUT2D eigenvalue weighted by Gasteiger charge is -2.09. The lowest BCUT2D eigenvalue weighted by Crippen LogP contribution is -2.15. The Labute approximate surface area is 183 Å². The summed E-state index contributed by atoms with van der Waals surface area (Å²) >= 11 is 1.44. The normalized spacial score (nSPS) is 10.8. The number of thiazole rings is 1. The highest BCUT2D eigenvalue weighted by Crippen LogP contribution is 2.20. The second kappa shape index (κ2) is 9.09. The Bertz CT molecular complexity index is 1200. The van der Waals surface area contributed by atoms with Crippen molar-refractivity contribution in [3.63, 3.8) is 0 Å². The summed E-state index contributed by atoms with van der Waals surface area (Å²) in [6.45, 7) is 4.16. The molecule has 4 aromatic rings. The molecule has 0 radical (unpaired) electrons. The highest BCUT2D eigenvalue weighted by molar-refractivity contribution is 7.09. The van der Waals surface area contributed by atoms with Gasteiger partial charge in [0.1, 0.15) is 29.0 Å². The van der Waals surface area contributed by atoms with E-state index in [2.05, 4.69) is 15.3 Å². The summed E-state index contributed by atoms with van der Waals surface area (Å²) in [5.74, 6) is 0.753. The molecule has 0 fully saturated rings. The molecule has 0 aliphatic heterocycles. The van der Waals surface area contributed by atoms with E-state index in [0.717, 1.165) is 10.8 Å². The smallest absolute Gasteiger partial charge is 0.230 e. The molecule has 1 N–H and O–H groups in total. The Hall–Kier alpha value is -3.52. The lowest BCUT2D eigenvalue weighted by atomic mass is 10.2. The summed E-state index contributed by atoms with van der Waals surface area (Å²) in [5.41, 5.74) is 2.59. The summed E-state index contributed by atoms with van der Waals surface area (Å²) in [5, 5.41) is 5.34. The molecule has 1 amide bonds. The van der Waals surface area contributed by atoms with Crippen molar-refractivity contribution in [2.24, 2.45) is 0 Å². The molecule has 0 bridgehead atoms. The van der Waals surface area contributed by atoms with Gasteiger partial charge in [-0.1, -0.05) is 17.7 Å². The quantitative estimate of drug-likeness (QED) is 0.450. The summed E-state index contributed by atoms with van der Waals surface area (Å²) in [4.78, 5) is 20.9. The van der Waals surface area contributed by atoms with E-state index in [0.29, 0.717) is 29.5 Å². The number of hydrogen-bond acceptors (Lipinski definition) is 5. The first-order chi connectivity index (χ1) is 15.0. The zero-order chi connectivity index (χ0) is 21.8. The average molecular weight is 437 g/mol. The molecule has 8 heteroatoms. The van der Waals surface area contributed by atoms with Gasteiger partial charge in [0.15, 0.2) is 0 Å². The molecule has 0 unspecified atom stereocenters. The topological polar surface area (TPSA) is 69.0 Å². The van der Waals surface area contributed by atoms with E-state index in [9.17, 15) is 9.18 Å². The van der Waals surface area contributed by atoms with Gasteiger partial charge in [0.2, 0.25) is 5.91 Å². The van der Waals surface area contributed by atoms with Crippen LogP contribution in [0.3, 0.4) is 0 Å². The van der Waals surface area contributed by atoms with Crippen molar-refractivity contribution in [1.29, 1.82) is 0 Å². The van der Waals surface area contributed by atoms with Gasteiger partial charge >= 0.3 is 0 Å². The lowest BCUT2D eigenvalue weighted by molar-refractivity contribution is -0.115. The van der Waals surface area contributed by atoms with E-state index >= 15 is 0 Å². The van der Waals surface area contributed by atoms with Gasteiger partial charge in [0.05, 0.1) is 17.8 Å². The van der Waals surface area contributed by atoms with Crippen LogP contribution in [0.2, 0.25) is 0 Å². The number of nitrogens with one attached hydrogen (secondary N) is 1. The highest BCUT2D eigenvalue weighted by Gasteiger charge is 2.12. The molecular formula is C23H21FN4O2S. The van der Waals surface area contributed by atoms with E-state index < -0.39 is 5.82 Å². The number of carbonyl (C=O) groups excluding carboxylic acids is 1. The Morgan fingerprint density at radius 2 is 2.00 bits per heavy atom. The van der Waals surface area contributed by atoms with Crippen LogP contribution in [-0.2, 0) is 17.8 Å². The van der Waals surface area contributed by atoms with E-state index in [1.807, 2.05) is 36.6 Å². The minimum atomic E-state index is -0.442. The van der Waals surface area contributed by atoms with Gasteiger partial charge < -0.3 is 14.6 Å². The van der Waals surface area contributed by atoms with Crippen molar-refractivity contribution < 1.29 is 13.9 Å². The second-order valence-electron chi connectivity index (χ2n) is 7.07. The first-order valence-electron chi connectivity index (χ1n) is 9.70. The minimum absolute atomic E-state index is 0.102. The van der Waals surface area contributed by atoms with Crippen molar-refractivity contribution in [2.75, 3.05) is 5.32 Å². The van der Waals surface area contributed by atoms with E-state index in [4.69, 9.17) is 4.74 Å². The number of amides is 1. The molecule has 2 heterocycles. The van der Waals surface area contributed by atoms with Crippen molar-refractivity contribution >= 4 is 22.9 Å². The fraction of sp³-hybridized carbons (Fsp3) is 0.174. The molecule has 31 heavy (non-hydrogen) atoms. The van der Waals surface area contributed by atoms with Gasteiger partial charge in [0, 0.05) is 23.5 Å². The molecule has 6 nitrogen and oxygen atoms in total. The minimum Gasteiger partial charge on any atom is -0.486 e. The number of rotatable bonds is 7. The summed E-state index contributed by atoms with van der Waals surface area (Å²) in [6.07, 6.45) is 3.40. The summed E-state index contributed by atoms with van der Waals surface area (Å²) < 4.78 is 21.9. The fourth-order valence-corrected chi connectivity index (χ4v) is 3.76. The molecule has 0 saturated carbocycles. The summed E-state index contributed by atoms with van der Waals surface area (Å²) in [7, 11) is 0. The third kappa shape index (κ3) is 5.16. The molecule has 158 valence electrons. The number of carbonyl (C=O) groups is 1. The van der Waals surface area contributed by atoms with Crippen LogP contribution < -0.4 is 10.1 Å². The Morgan fingerprint density at radius 3 is 2.71 bits per heavy atom. The van der Waals surface area contributed by atoms with Crippen molar-refractivity contribution in [3.05, 3.63) is 88.1 Å². The number of hydrogen-bond donors (Lipinski definition) is 1. The van der Waals surface area contributed by atoms with Crippen LogP contribution in [0.1, 0.15) is 22.1 Å². The SMILES string of the molecule is Cc1ccc(OCc2nc(CC(=O)Nc3ccc(-n4ccnc4C)c(F)c3)cs2)cc1. The maximum atomic E-state index is 14.5. The zero-order valence-electron chi connectivity index (χ0n) is 17.1. The molecule has 4 rings (SSSR count). The molecular weight excluding hydrogens is 415 g/mol. The van der Waals surface area contributed by atoms with Crippen molar-refractivity contribution in [2.45, 2.75) is 26.9 Å². The Balaban J connectivity index is 1.33. The number of benzene rings is 2. The second-order valence-corrected chi connectivity index (χ2v) is 8.01. The van der Waals surface area contributed by atoms with Gasteiger partial charge in [-0.15, -0.1) is 11.3 Å². The van der Waals surface area contributed by atoms with E-state index in [1.165, 1.54) is 23.0 Å². The zero-order valence-corrected chi connectivity index (χ0v) is 17.9. The third-order valence-corrected chi connectivity index (χ3v) is 5.51. The highest BCUT2D eigenvalue weighted by atomic mass is 32.1. The first-order valence-corrected chi connectivity index (χ1v) is 10.6. The number of halogens is 1. The molecule has 0 spiro atoms. The predicted molar refractivity (Wildman–Crippen MR) is 118 cm³/mol. The van der Waals surface area contributed by atoms with Gasteiger partial charge in [-0.3, -0.25) is 4.79 Å². The van der Waals surface area contributed by atoms with Crippen LogP contribution in [0.15, 0.2) is 60.2 Å². The third-order valence-electron chi connectivity index (χ3n) is 4.64. The van der Waals surface area contributed by atoms with Crippen LogP contribution >= 0.6 is 11.3 Å². The Morgan fingerprint density at radius 1 is 1.19 bits per heavy atom. The number of ether oxygens (including phenoxy) is 1. The molecule has 2 aromatic carbocycles. The first kappa shape index (κ1) is 20.7. The molecule has 0 saturated heterocycles. The van der Waals surface area contributed by atoms with Crippen molar-refractivity contribution in [1.82, 2.24) is 14.5 Å². The molecule has 0 atom stereocenters. The summed E-state index contributed by atoms with van der Waals surface area (Å²) in [6, 6.07) is 12.4. The maximum absolute atomic E-state index is 14.5. The molecule has 0 aliphatic rings. The molecule has 2 aromatic heterocycles. The number of nitrogens with zero attached hydrogens (tertiary/aromatic N) is 3. The van der Waals surface area contributed by atoms with E-state index in [-0.39, 0.29) is 12.3 Å². The van der Waals surface area contributed by atoms with E-state index in [1.54, 1.807) is 36.0 Å². The van der Waals surface area contributed by atoms with Crippen LogP contribution in [0.5, 0.6) is 5.75 Å². The van der Waals surface area contributed by atoms with Crippen LogP contribution in [-0.4, -0.2) is 20.4 Å². The number of imidazole rings is 1. The largest absolute Gasteiger partial charge is 0.486 e. The predicted octanol–water partition coefficient (Wildman–Crippen LogP) is 4.84. The van der Waals surface area contributed by atoms with Crippen LogP contribution in [0.4, 0.5) is 10.1 Å². The van der Waals surface area contributed by atoms with Crippen LogP contribution in [0, 0.1) is 19.7 Å². The van der Waals surface area contributed by atoms with Gasteiger partial charge in [0.25, 0.3) is 0 Å².